The monoisotopic (exact) mass is 548 g/mol. The smallest absolute Gasteiger partial charge is 0.270 e. The van der Waals surface area contributed by atoms with E-state index in [4.69, 9.17) is 19.6 Å². The van der Waals surface area contributed by atoms with Crippen molar-refractivity contribution in [1.82, 2.24) is 25.5 Å². The van der Waals surface area contributed by atoms with Crippen LogP contribution in [0.2, 0.25) is 0 Å². The number of ether oxygens (including phenoxy) is 2. The highest BCUT2D eigenvalue weighted by molar-refractivity contribution is 7.92. The van der Waals surface area contributed by atoms with Crippen LogP contribution in [0.3, 0.4) is 0 Å². The van der Waals surface area contributed by atoms with Crippen molar-refractivity contribution in [2.24, 2.45) is 0 Å². The Morgan fingerprint density at radius 1 is 0.897 bits per heavy atom. The average molecular weight is 549 g/mol. The van der Waals surface area contributed by atoms with Gasteiger partial charge in [0.05, 0.1) is 35.2 Å². The van der Waals surface area contributed by atoms with Crippen molar-refractivity contribution in [3.8, 4) is 34.3 Å². The van der Waals surface area contributed by atoms with Crippen molar-refractivity contribution >= 4 is 15.7 Å². The zero-order valence-electron chi connectivity index (χ0n) is 21.1. The molecule has 2 saturated heterocycles. The molecule has 4 aromatic rings. The highest BCUT2D eigenvalue weighted by atomic mass is 32.2. The minimum Gasteiger partial charge on any atom is -0.414 e. The highest BCUT2D eigenvalue weighted by Gasteiger charge is 2.31. The van der Waals surface area contributed by atoms with E-state index in [1.807, 2.05) is 24.3 Å². The lowest BCUT2D eigenvalue weighted by atomic mass is 10.1. The van der Waals surface area contributed by atoms with E-state index >= 15 is 0 Å². The number of hydrogen-bond donors (Lipinski definition) is 2. The number of rotatable bonds is 8. The normalized spacial score (nSPS) is 19.5. The van der Waals surface area contributed by atoms with Gasteiger partial charge < -0.3 is 24.9 Å². The third-order valence-electron chi connectivity index (χ3n) is 6.96. The molecule has 2 aromatic heterocycles. The second kappa shape index (κ2) is 10.8. The lowest BCUT2D eigenvalue weighted by Crippen LogP contribution is -2.28. The predicted octanol–water partition coefficient (Wildman–Crippen LogP) is 2.88. The molecule has 4 heterocycles. The molecule has 1 unspecified atom stereocenters. The van der Waals surface area contributed by atoms with Crippen molar-refractivity contribution in [1.29, 1.82) is 0 Å². The number of anilines is 1. The van der Waals surface area contributed by atoms with Gasteiger partial charge in [0.15, 0.2) is 21.3 Å². The first-order valence-electron chi connectivity index (χ1n) is 12.8. The van der Waals surface area contributed by atoms with E-state index in [1.165, 1.54) is 6.20 Å². The van der Waals surface area contributed by atoms with Crippen molar-refractivity contribution in [2.45, 2.75) is 35.6 Å². The van der Waals surface area contributed by atoms with E-state index in [0.29, 0.717) is 36.2 Å². The zero-order valence-corrected chi connectivity index (χ0v) is 21.9. The molecule has 202 valence electrons. The van der Waals surface area contributed by atoms with Gasteiger partial charge in [-0.05, 0) is 42.7 Å². The van der Waals surface area contributed by atoms with Gasteiger partial charge in [0.25, 0.3) is 5.89 Å². The molecule has 39 heavy (non-hydrogen) atoms. The van der Waals surface area contributed by atoms with Gasteiger partial charge in [-0.15, -0.1) is 10.2 Å². The van der Waals surface area contributed by atoms with Crippen molar-refractivity contribution in [2.75, 3.05) is 32.2 Å². The third kappa shape index (κ3) is 5.41. The quantitative estimate of drug-likeness (QED) is 0.334. The lowest BCUT2D eigenvalue weighted by molar-refractivity contribution is 0.190. The first kappa shape index (κ1) is 25.6. The number of nitrogens with one attached hydrogen (secondary N) is 1. The summed E-state index contributed by atoms with van der Waals surface area (Å²) in [6.45, 7) is 2.99. The molecule has 2 atom stereocenters. The maximum absolute atomic E-state index is 12.8. The predicted molar refractivity (Wildman–Crippen MR) is 143 cm³/mol. The van der Waals surface area contributed by atoms with Crippen LogP contribution in [0.5, 0.6) is 0 Å². The second-order valence-electron chi connectivity index (χ2n) is 9.59. The van der Waals surface area contributed by atoms with Crippen LogP contribution < -0.4 is 11.1 Å². The fourth-order valence-corrected chi connectivity index (χ4v) is 6.20. The van der Waals surface area contributed by atoms with Crippen LogP contribution in [0, 0.1) is 0 Å². The van der Waals surface area contributed by atoms with Crippen LogP contribution >= 0.6 is 0 Å². The first-order chi connectivity index (χ1) is 19.0. The molecule has 0 spiro atoms. The first-order valence-corrected chi connectivity index (χ1v) is 14.3. The summed E-state index contributed by atoms with van der Waals surface area (Å²) in [5, 5.41) is 11.3. The molecule has 2 aliphatic rings. The van der Waals surface area contributed by atoms with Crippen LogP contribution in [-0.2, 0) is 25.9 Å². The summed E-state index contributed by atoms with van der Waals surface area (Å²) in [5.74, 6) is 0.627. The topological polar surface area (TPSA) is 155 Å². The maximum Gasteiger partial charge on any atom is 0.270 e. The molecule has 0 bridgehead atoms. The van der Waals surface area contributed by atoms with Gasteiger partial charge in [-0.3, -0.25) is 0 Å². The van der Waals surface area contributed by atoms with E-state index < -0.39 is 15.1 Å². The van der Waals surface area contributed by atoms with Crippen LogP contribution in [-0.4, -0.2) is 66.3 Å². The van der Waals surface area contributed by atoms with Crippen molar-refractivity contribution in [3.63, 3.8) is 0 Å². The van der Waals surface area contributed by atoms with Gasteiger partial charge in [-0.2, -0.15) is 0 Å². The number of hydrogen-bond acceptors (Lipinski definition) is 11. The van der Waals surface area contributed by atoms with Gasteiger partial charge in [-0.25, -0.2) is 18.4 Å². The Bertz CT molecular complexity index is 1540. The summed E-state index contributed by atoms with van der Waals surface area (Å²) in [5.41, 5.74) is 9.44. The van der Waals surface area contributed by atoms with E-state index in [2.05, 4.69) is 25.5 Å². The van der Waals surface area contributed by atoms with Gasteiger partial charge in [0.1, 0.15) is 0 Å². The Kier molecular flexibility index (Phi) is 7.09. The fourth-order valence-electron chi connectivity index (χ4n) is 4.62. The second-order valence-corrected chi connectivity index (χ2v) is 11.8. The lowest BCUT2D eigenvalue weighted by Gasteiger charge is -2.10. The Morgan fingerprint density at radius 3 is 2.33 bits per heavy atom. The van der Waals surface area contributed by atoms with Crippen LogP contribution in [0.4, 0.5) is 5.82 Å². The van der Waals surface area contributed by atoms with E-state index in [-0.39, 0.29) is 28.9 Å². The molecule has 3 N–H and O–H groups in total. The van der Waals surface area contributed by atoms with Gasteiger partial charge >= 0.3 is 0 Å². The molecular weight excluding hydrogens is 520 g/mol. The number of nitrogens with zero attached hydrogens (tertiary/aromatic N) is 4. The molecule has 11 nitrogen and oxygen atoms in total. The standard InChI is InChI=1S/C27H28N6O5S/c28-25-24(27-33-32-26(38-27)19-3-1-17(2-4-19)13-29-20-9-11-36-15-20)31-23(14-30-25)18-5-7-21(8-6-18)39(34,35)22-10-12-37-16-22/h1-8,14,20,22,29H,9-13,15-16H2,(H2,28,30)/t20-,22?/m0/s1. The van der Waals surface area contributed by atoms with Gasteiger partial charge in [0, 0.05) is 36.9 Å². The van der Waals surface area contributed by atoms with Crippen LogP contribution in [0.15, 0.2) is 64.0 Å². The van der Waals surface area contributed by atoms with E-state index in [1.54, 1.807) is 24.3 Å². The van der Waals surface area contributed by atoms with E-state index in [0.717, 1.165) is 37.3 Å². The molecule has 0 saturated carbocycles. The SMILES string of the molecule is Nc1ncc(-c2ccc(S(=O)(=O)C3CCOC3)cc2)nc1-c1nnc(-c2ccc(CN[C@H]3CCOC3)cc2)o1. The molecule has 0 amide bonds. The Balaban J connectivity index is 1.18. The summed E-state index contributed by atoms with van der Waals surface area (Å²) >= 11 is 0. The summed E-state index contributed by atoms with van der Waals surface area (Å²) in [6, 6.07) is 14.8. The zero-order chi connectivity index (χ0) is 26.8. The Labute approximate surface area is 225 Å². The molecule has 0 radical (unpaired) electrons. The van der Waals surface area contributed by atoms with Crippen molar-refractivity contribution < 1.29 is 22.3 Å². The highest BCUT2D eigenvalue weighted by Crippen LogP contribution is 2.29. The summed E-state index contributed by atoms with van der Waals surface area (Å²) in [7, 11) is -3.45. The Hall–Kier alpha value is -3.71. The Morgan fingerprint density at radius 2 is 1.62 bits per heavy atom. The summed E-state index contributed by atoms with van der Waals surface area (Å²) < 4.78 is 42.2. The van der Waals surface area contributed by atoms with Gasteiger partial charge in [0.2, 0.25) is 5.89 Å². The minimum absolute atomic E-state index is 0.143. The number of aromatic nitrogens is 4. The minimum atomic E-state index is -3.45. The number of nitrogens with two attached hydrogens (primary N) is 1. The van der Waals surface area contributed by atoms with Crippen LogP contribution in [0.25, 0.3) is 34.3 Å². The third-order valence-corrected chi connectivity index (χ3v) is 9.14. The number of benzene rings is 2. The molecular formula is C27H28N6O5S. The molecule has 6 rings (SSSR count). The van der Waals surface area contributed by atoms with Gasteiger partial charge in [-0.1, -0.05) is 24.3 Å². The molecule has 2 aliphatic heterocycles. The summed E-state index contributed by atoms with van der Waals surface area (Å²) in [4.78, 5) is 9.09. The number of sulfone groups is 1. The largest absolute Gasteiger partial charge is 0.414 e. The molecule has 2 aromatic carbocycles. The van der Waals surface area contributed by atoms with Crippen molar-refractivity contribution in [3.05, 3.63) is 60.3 Å². The maximum atomic E-state index is 12.8. The average Bonchev–Trinajstić information content (AvgIpc) is 3.76. The molecule has 0 aliphatic carbocycles. The fraction of sp³-hybridized carbons (Fsp3) is 0.333. The summed E-state index contributed by atoms with van der Waals surface area (Å²) in [6.07, 6.45) is 3.05. The molecule has 12 heteroatoms. The molecule has 2 fully saturated rings. The van der Waals surface area contributed by atoms with Crippen LogP contribution in [0.1, 0.15) is 18.4 Å². The number of nitrogen functional groups attached to an aromatic ring is 1. The van der Waals surface area contributed by atoms with E-state index in [9.17, 15) is 8.42 Å².